The third-order valence-corrected chi connectivity index (χ3v) is 3.45. The molecule has 0 aromatic carbocycles. The van der Waals surface area contributed by atoms with Crippen molar-refractivity contribution in [2.24, 2.45) is 5.92 Å². The molecule has 0 saturated heterocycles. The van der Waals surface area contributed by atoms with Crippen molar-refractivity contribution >= 4 is 11.0 Å². The summed E-state index contributed by atoms with van der Waals surface area (Å²) in [5, 5.41) is 9.62. The second kappa shape index (κ2) is 3.85. The molecular formula is C13H12FN3. The van der Waals surface area contributed by atoms with Gasteiger partial charge in [0.2, 0.25) is 0 Å². The minimum Gasteiger partial charge on any atom is -0.343 e. The Morgan fingerprint density at radius 2 is 2.41 bits per heavy atom. The molecule has 0 amide bonds. The van der Waals surface area contributed by atoms with Gasteiger partial charge in [-0.2, -0.15) is 5.26 Å². The fraction of sp³-hybridized carbons (Fsp3) is 0.385. The van der Waals surface area contributed by atoms with Gasteiger partial charge in [0.15, 0.2) is 0 Å². The van der Waals surface area contributed by atoms with Gasteiger partial charge in [0.05, 0.1) is 17.4 Å². The standard InChI is InChI=1S/C13H12FN3/c14-10-4-5-16-13-12(10)9-6-8(7-15)2-1-3-11(9)17-13/h4-5,8H,1-3,6H2,(H,16,17). The maximum atomic E-state index is 13.8. The van der Waals surface area contributed by atoms with E-state index in [4.69, 9.17) is 5.26 Å². The van der Waals surface area contributed by atoms with Gasteiger partial charge < -0.3 is 4.98 Å². The normalized spacial score (nSPS) is 19.6. The maximum absolute atomic E-state index is 13.8. The van der Waals surface area contributed by atoms with Crippen LogP contribution in [0.4, 0.5) is 4.39 Å². The van der Waals surface area contributed by atoms with Crippen LogP contribution in [0.5, 0.6) is 0 Å². The van der Waals surface area contributed by atoms with Crippen LogP contribution in [-0.4, -0.2) is 9.97 Å². The van der Waals surface area contributed by atoms with Crippen molar-refractivity contribution in [2.45, 2.75) is 25.7 Å². The zero-order chi connectivity index (χ0) is 11.8. The second-order valence-corrected chi connectivity index (χ2v) is 4.52. The molecule has 2 aromatic heterocycles. The number of aryl methyl sites for hydroxylation is 1. The topological polar surface area (TPSA) is 52.5 Å². The molecule has 0 aliphatic heterocycles. The Kier molecular flexibility index (Phi) is 2.32. The molecule has 0 fully saturated rings. The number of nitrogens with one attached hydrogen (secondary N) is 1. The zero-order valence-electron chi connectivity index (χ0n) is 9.33. The Balaban J connectivity index is 2.22. The van der Waals surface area contributed by atoms with E-state index in [1.807, 2.05) is 0 Å². The number of halogens is 1. The van der Waals surface area contributed by atoms with Gasteiger partial charge in [-0.25, -0.2) is 9.37 Å². The SMILES string of the molecule is N#CC1CCCc2[nH]c3nccc(F)c3c2C1. The van der Waals surface area contributed by atoms with Crippen molar-refractivity contribution < 1.29 is 4.39 Å². The van der Waals surface area contributed by atoms with Crippen molar-refractivity contribution in [1.82, 2.24) is 9.97 Å². The summed E-state index contributed by atoms with van der Waals surface area (Å²) in [5.41, 5.74) is 2.61. The van der Waals surface area contributed by atoms with E-state index in [1.165, 1.54) is 12.3 Å². The lowest BCUT2D eigenvalue weighted by Gasteiger charge is -2.04. The lowest BCUT2D eigenvalue weighted by atomic mass is 9.98. The van der Waals surface area contributed by atoms with Gasteiger partial charge in [0.25, 0.3) is 0 Å². The van der Waals surface area contributed by atoms with Crippen molar-refractivity contribution in [3.05, 3.63) is 29.3 Å². The fourth-order valence-electron chi connectivity index (χ4n) is 2.61. The summed E-state index contributed by atoms with van der Waals surface area (Å²) in [6, 6.07) is 3.68. The van der Waals surface area contributed by atoms with Crippen LogP contribution in [0.3, 0.4) is 0 Å². The summed E-state index contributed by atoms with van der Waals surface area (Å²) < 4.78 is 13.8. The monoisotopic (exact) mass is 229 g/mol. The van der Waals surface area contributed by atoms with Crippen LogP contribution in [0.25, 0.3) is 11.0 Å². The molecule has 1 N–H and O–H groups in total. The van der Waals surface area contributed by atoms with Crippen LogP contribution in [0, 0.1) is 23.1 Å². The molecular weight excluding hydrogens is 217 g/mol. The van der Waals surface area contributed by atoms with E-state index < -0.39 is 0 Å². The minimum atomic E-state index is -0.244. The molecule has 0 saturated carbocycles. The summed E-state index contributed by atoms with van der Waals surface area (Å²) >= 11 is 0. The number of aromatic amines is 1. The van der Waals surface area contributed by atoms with Gasteiger partial charge in [0, 0.05) is 11.9 Å². The highest BCUT2D eigenvalue weighted by atomic mass is 19.1. The average molecular weight is 229 g/mol. The molecule has 1 aliphatic rings. The molecule has 4 heteroatoms. The van der Waals surface area contributed by atoms with E-state index in [0.29, 0.717) is 17.5 Å². The molecule has 1 aliphatic carbocycles. The number of hydrogen-bond donors (Lipinski definition) is 1. The quantitative estimate of drug-likeness (QED) is 0.706. The highest BCUT2D eigenvalue weighted by Gasteiger charge is 2.22. The predicted molar refractivity (Wildman–Crippen MR) is 61.8 cm³/mol. The predicted octanol–water partition coefficient (Wildman–Crippen LogP) is 2.72. The van der Waals surface area contributed by atoms with Crippen molar-refractivity contribution in [2.75, 3.05) is 0 Å². The molecule has 1 atom stereocenters. The Morgan fingerprint density at radius 3 is 3.24 bits per heavy atom. The summed E-state index contributed by atoms with van der Waals surface area (Å²) in [4.78, 5) is 7.33. The van der Waals surface area contributed by atoms with Crippen molar-refractivity contribution in [3.8, 4) is 6.07 Å². The first-order valence-electron chi connectivity index (χ1n) is 5.83. The molecule has 2 heterocycles. The van der Waals surface area contributed by atoms with Crippen molar-refractivity contribution in [1.29, 1.82) is 5.26 Å². The fourth-order valence-corrected chi connectivity index (χ4v) is 2.61. The first kappa shape index (κ1) is 10.3. The Morgan fingerprint density at radius 1 is 1.53 bits per heavy atom. The van der Waals surface area contributed by atoms with E-state index in [1.54, 1.807) is 0 Å². The summed E-state index contributed by atoms with van der Waals surface area (Å²) in [7, 11) is 0. The van der Waals surface area contributed by atoms with Crippen LogP contribution >= 0.6 is 0 Å². The third-order valence-electron chi connectivity index (χ3n) is 3.45. The minimum absolute atomic E-state index is 0.00476. The zero-order valence-corrected chi connectivity index (χ0v) is 9.33. The number of rotatable bonds is 0. The average Bonchev–Trinajstić information content (AvgIpc) is 2.55. The Hall–Kier alpha value is -1.89. The van der Waals surface area contributed by atoms with Gasteiger partial charge in [-0.1, -0.05) is 0 Å². The molecule has 1 unspecified atom stereocenters. The third kappa shape index (κ3) is 1.59. The van der Waals surface area contributed by atoms with Gasteiger partial charge in [0.1, 0.15) is 11.5 Å². The number of nitrogens with zero attached hydrogens (tertiary/aromatic N) is 2. The summed E-state index contributed by atoms with van der Waals surface area (Å²) in [6.45, 7) is 0. The number of hydrogen-bond acceptors (Lipinski definition) is 2. The molecule has 0 spiro atoms. The van der Waals surface area contributed by atoms with E-state index in [-0.39, 0.29) is 11.7 Å². The lowest BCUT2D eigenvalue weighted by Crippen LogP contribution is -1.99. The van der Waals surface area contributed by atoms with Crippen LogP contribution in [0.15, 0.2) is 12.3 Å². The van der Waals surface area contributed by atoms with E-state index in [2.05, 4.69) is 16.0 Å². The molecule has 3 rings (SSSR count). The second-order valence-electron chi connectivity index (χ2n) is 4.52. The number of fused-ring (bicyclic) bond motifs is 3. The highest BCUT2D eigenvalue weighted by Crippen LogP contribution is 2.31. The summed E-state index contributed by atoms with van der Waals surface area (Å²) in [5.74, 6) is -0.249. The molecule has 3 nitrogen and oxygen atoms in total. The number of pyridine rings is 1. The number of H-pyrrole nitrogens is 1. The lowest BCUT2D eigenvalue weighted by molar-refractivity contribution is 0.590. The maximum Gasteiger partial charge on any atom is 0.140 e. The Bertz CT molecular complexity index is 609. The molecule has 86 valence electrons. The van der Waals surface area contributed by atoms with E-state index in [0.717, 1.165) is 30.5 Å². The van der Waals surface area contributed by atoms with Crippen LogP contribution < -0.4 is 0 Å². The van der Waals surface area contributed by atoms with Crippen molar-refractivity contribution in [3.63, 3.8) is 0 Å². The molecule has 17 heavy (non-hydrogen) atoms. The molecule has 0 radical (unpaired) electrons. The summed E-state index contributed by atoms with van der Waals surface area (Å²) in [6.07, 6.45) is 4.84. The number of aromatic nitrogens is 2. The highest BCUT2D eigenvalue weighted by molar-refractivity contribution is 5.82. The molecule has 2 aromatic rings. The van der Waals surface area contributed by atoms with E-state index in [9.17, 15) is 4.39 Å². The first-order valence-corrected chi connectivity index (χ1v) is 5.83. The Labute approximate surface area is 98.3 Å². The van der Waals surface area contributed by atoms with E-state index >= 15 is 0 Å². The largest absolute Gasteiger partial charge is 0.343 e. The molecule has 0 bridgehead atoms. The van der Waals surface area contributed by atoms with Crippen LogP contribution in [-0.2, 0) is 12.8 Å². The van der Waals surface area contributed by atoms with Gasteiger partial charge >= 0.3 is 0 Å². The van der Waals surface area contributed by atoms with Crippen LogP contribution in [0.1, 0.15) is 24.1 Å². The van der Waals surface area contributed by atoms with Gasteiger partial charge in [-0.3, -0.25) is 0 Å². The van der Waals surface area contributed by atoms with Gasteiger partial charge in [-0.15, -0.1) is 0 Å². The first-order chi connectivity index (χ1) is 8.29. The van der Waals surface area contributed by atoms with Crippen LogP contribution in [0.2, 0.25) is 0 Å². The smallest absolute Gasteiger partial charge is 0.140 e. The number of nitriles is 1. The van der Waals surface area contributed by atoms with Gasteiger partial charge in [-0.05, 0) is 37.3 Å².